The first kappa shape index (κ1) is 14.4. The first-order chi connectivity index (χ1) is 6.08. The van der Waals surface area contributed by atoms with E-state index in [1.54, 1.807) is 0 Å². The van der Waals surface area contributed by atoms with Gasteiger partial charge in [-0.1, -0.05) is 40.4 Å². The lowest BCUT2D eigenvalue weighted by molar-refractivity contribution is -0.00753. The Morgan fingerprint density at radius 1 is 1.14 bits per heavy atom. The Morgan fingerprint density at radius 3 is 1.79 bits per heavy atom. The van der Waals surface area contributed by atoms with Crippen molar-refractivity contribution in [2.45, 2.75) is 65.4 Å². The van der Waals surface area contributed by atoms with Gasteiger partial charge in [-0.25, -0.2) is 0 Å². The summed E-state index contributed by atoms with van der Waals surface area (Å²) in [5.41, 5.74) is 0.165. The molecule has 0 fully saturated rings. The molecule has 0 saturated carbocycles. The van der Waals surface area contributed by atoms with Crippen molar-refractivity contribution in [2.24, 2.45) is 5.41 Å². The maximum absolute atomic E-state index is 5.61. The van der Waals surface area contributed by atoms with E-state index in [-0.39, 0.29) is 11.0 Å². The molecule has 0 aromatic heterocycles. The van der Waals surface area contributed by atoms with Gasteiger partial charge in [-0.2, -0.15) is 0 Å². The minimum atomic E-state index is -1.10. The van der Waals surface area contributed by atoms with Crippen LogP contribution in [0.4, 0.5) is 0 Å². The van der Waals surface area contributed by atoms with Crippen molar-refractivity contribution in [3.63, 3.8) is 0 Å². The van der Waals surface area contributed by atoms with Gasteiger partial charge in [0.2, 0.25) is 10.5 Å². The maximum Gasteiger partial charge on any atom is 0.247 e. The SMILES string of the molecule is CCC(C)(C)C(C)(C[Si](C)(C)C)O[Si]. The fraction of sp³-hybridized carbons (Fsp3) is 1.00. The molecule has 0 heterocycles. The van der Waals surface area contributed by atoms with Gasteiger partial charge >= 0.3 is 0 Å². The molecule has 0 N–H and O–H groups in total. The normalized spacial score (nSPS) is 18.0. The van der Waals surface area contributed by atoms with E-state index in [1.807, 2.05) is 0 Å². The van der Waals surface area contributed by atoms with Crippen LogP contribution in [0.15, 0.2) is 0 Å². The standard InChI is InChI=1S/C11H25OSi2/c1-8-10(2,3)11(4,12-13)9-14(5,6)7/h8-9H2,1-7H3. The Labute approximate surface area is 94.2 Å². The van der Waals surface area contributed by atoms with Crippen LogP contribution in [0, 0.1) is 5.41 Å². The van der Waals surface area contributed by atoms with Gasteiger partial charge in [-0.05, 0) is 24.8 Å². The van der Waals surface area contributed by atoms with Gasteiger partial charge in [0.05, 0.1) is 5.60 Å². The summed E-state index contributed by atoms with van der Waals surface area (Å²) in [6.07, 6.45) is 1.14. The molecular formula is C11H25OSi2. The number of hydrogen-bond donors (Lipinski definition) is 0. The van der Waals surface area contributed by atoms with Gasteiger partial charge in [-0.3, -0.25) is 0 Å². The molecule has 0 amide bonds. The third kappa shape index (κ3) is 3.52. The van der Waals surface area contributed by atoms with Crippen molar-refractivity contribution in [1.82, 2.24) is 0 Å². The monoisotopic (exact) mass is 229 g/mol. The summed E-state index contributed by atoms with van der Waals surface area (Å²) in [6.45, 7) is 16.2. The first-order valence-electron chi connectivity index (χ1n) is 5.43. The topological polar surface area (TPSA) is 9.23 Å². The van der Waals surface area contributed by atoms with Crippen LogP contribution in [0.2, 0.25) is 25.7 Å². The van der Waals surface area contributed by atoms with E-state index in [9.17, 15) is 0 Å². The van der Waals surface area contributed by atoms with Crippen LogP contribution in [0.1, 0.15) is 34.1 Å². The van der Waals surface area contributed by atoms with Gasteiger partial charge in [0.15, 0.2) is 0 Å². The molecule has 3 heteroatoms. The highest BCUT2D eigenvalue weighted by atomic mass is 28.3. The Kier molecular flexibility index (Phi) is 4.62. The predicted octanol–water partition coefficient (Wildman–Crippen LogP) is 3.62. The molecule has 0 aromatic carbocycles. The molecule has 0 aliphatic carbocycles. The summed E-state index contributed by atoms with van der Waals surface area (Å²) in [5, 5.41) is 0. The third-order valence-electron chi connectivity index (χ3n) is 3.41. The van der Waals surface area contributed by atoms with Crippen LogP contribution in [0.5, 0.6) is 0 Å². The lowest BCUT2D eigenvalue weighted by atomic mass is 9.75. The summed E-state index contributed by atoms with van der Waals surface area (Å²) in [4.78, 5) is 0. The van der Waals surface area contributed by atoms with Crippen LogP contribution in [0.3, 0.4) is 0 Å². The van der Waals surface area contributed by atoms with E-state index in [0.717, 1.165) is 6.42 Å². The highest BCUT2D eigenvalue weighted by molar-refractivity contribution is 6.76. The molecule has 0 bridgehead atoms. The van der Waals surface area contributed by atoms with Crippen LogP contribution >= 0.6 is 0 Å². The maximum atomic E-state index is 5.61. The van der Waals surface area contributed by atoms with E-state index in [4.69, 9.17) is 4.43 Å². The summed E-state index contributed by atoms with van der Waals surface area (Å²) >= 11 is 0. The average molecular weight is 229 g/mol. The summed E-state index contributed by atoms with van der Waals surface area (Å²) < 4.78 is 5.61. The zero-order chi connectivity index (χ0) is 11.6. The predicted molar refractivity (Wildman–Crippen MR) is 67.5 cm³/mol. The van der Waals surface area contributed by atoms with E-state index in [2.05, 4.69) is 57.8 Å². The average Bonchev–Trinajstić information content (AvgIpc) is 2.01. The van der Waals surface area contributed by atoms with Crippen molar-refractivity contribution in [1.29, 1.82) is 0 Å². The highest BCUT2D eigenvalue weighted by Gasteiger charge is 2.42. The Bertz CT molecular complexity index is 184. The van der Waals surface area contributed by atoms with E-state index in [0.29, 0.717) is 0 Å². The van der Waals surface area contributed by atoms with Gasteiger partial charge in [-0.15, -0.1) is 0 Å². The molecule has 0 aliphatic rings. The minimum Gasteiger partial charge on any atom is -0.413 e. The molecule has 0 saturated heterocycles. The molecule has 0 rings (SSSR count). The molecular weight excluding hydrogens is 204 g/mol. The summed E-state index contributed by atoms with van der Waals surface area (Å²) in [6, 6.07) is 1.18. The molecule has 0 aromatic rings. The smallest absolute Gasteiger partial charge is 0.247 e. The van der Waals surface area contributed by atoms with Crippen LogP contribution in [0.25, 0.3) is 0 Å². The molecule has 14 heavy (non-hydrogen) atoms. The van der Waals surface area contributed by atoms with Gasteiger partial charge in [0.25, 0.3) is 0 Å². The number of hydrogen-bond acceptors (Lipinski definition) is 1. The summed E-state index contributed by atoms with van der Waals surface area (Å²) in [5.74, 6) is 0. The zero-order valence-electron chi connectivity index (χ0n) is 10.8. The Morgan fingerprint density at radius 2 is 1.57 bits per heavy atom. The van der Waals surface area contributed by atoms with Crippen LogP contribution in [-0.4, -0.2) is 24.2 Å². The minimum absolute atomic E-state index is 0.0525. The van der Waals surface area contributed by atoms with Crippen LogP contribution < -0.4 is 0 Å². The zero-order valence-corrected chi connectivity index (χ0v) is 12.8. The Balaban J connectivity index is 4.81. The lowest BCUT2D eigenvalue weighted by Crippen LogP contribution is -2.48. The van der Waals surface area contributed by atoms with E-state index in [1.165, 1.54) is 6.04 Å². The van der Waals surface area contributed by atoms with E-state index < -0.39 is 8.07 Å². The largest absolute Gasteiger partial charge is 0.413 e. The third-order valence-corrected chi connectivity index (χ3v) is 5.59. The fourth-order valence-corrected chi connectivity index (χ4v) is 4.87. The quantitative estimate of drug-likeness (QED) is 0.654. The Hall–Kier alpha value is 0.394. The molecule has 3 radical (unpaired) electrons. The van der Waals surface area contributed by atoms with Gasteiger partial charge in [0.1, 0.15) is 0 Å². The van der Waals surface area contributed by atoms with Crippen molar-refractivity contribution in [3.8, 4) is 0 Å². The second-order valence-corrected chi connectivity index (χ2v) is 12.0. The van der Waals surface area contributed by atoms with E-state index >= 15 is 0 Å². The van der Waals surface area contributed by atoms with Gasteiger partial charge < -0.3 is 4.43 Å². The van der Waals surface area contributed by atoms with Crippen molar-refractivity contribution in [3.05, 3.63) is 0 Å². The fourth-order valence-electron chi connectivity index (χ4n) is 1.80. The van der Waals surface area contributed by atoms with Crippen molar-refractivity contribution < 1.29 is 4.43 Å². The highest BCUT2D eigenvalue weighted by Crippen LogP contribution is 2.41. The lowest BCUT2D eigenvalue weighted by Gasteiger charge is -2.46. The van der Waals surface area contributed by atoms with Gasteiger partial charge in [0, 0.05) is 8.07 Å². The molecule has 1 atom stereocenters. The molecule has 83 valence electrons. The summed E-state index contributed by atoms with van der Waals surface area (Å²) in [7, 11) is 2.18. The van der Waals surface area contributed by atoms with Crippen molar-refractivity contribution in [2.75, 3.05) is 0 Å². The number of rotatable bonds is 5. The second kappa shape index (κ2) is 4.50. The second-order valence-electron chi connectivity index (χ2n) is 6.31. The van der Waals surface area contributed by atoms with Crippen molar-refractivity contribution >= 4 is 18.6 Å². The molecule has 1 unspecified atom stereocenters. The molecule has 0 aliphatic heterocycles. The molecule has 1 nitrogen and oxygen atoms in total. The molecule has 0 spiro atoms. The first-order valence-corrected chi connectivity index (χ1v) is 9.54. The van der Waals surface area contributed by atoms with Crippen LogP contribution in [-0.2, 0) is 4.43 Å².